The van der Waals surface area contributed by atoms with E-state index in [4.69, 9.17) is 0 Å². The normalized spacial score (nSPS) is 15.7. The molecule has 0 atom stereocenters. The lowest BCUT2D eigenvalue weighted by molar-refractivity contribution is 0.228. The van der Waals surface area contributed by atoms with Crippen molar-refractivity contribution in [2.75, 3.05) is 31.5 Å². The third kappa shape index (κ3) is 2.85. The second-order valence-electron chi connectivity index (χ2n) is 7.68. The molecule has 144 valence electrons. The highest BCUT2D eigenvalue weighted by Gasteiger charge is 2.17. The van der Waals surface area contributed by atoms with Gasteiger partial charge in [0.1, 0.15) is 12.1 Å². The topological polar surface area (TPSA) is 69.9 Å². The lowest BCUT2D eigenvalue weighted by atomic mass is 10.1. The number of hydrogen-bond acceptors (Lipinski definition) is 5. The first kappa shape index (κ1) is 17.3. The number of pyridine rings is 1. The molecule has 0 bridgehead atoms. The summed E-state index contributed by atoms with van der Waals surface area (Å²) in [4.78, 5) is 20.2. The number of piperidine rings is 1. The highest BCUT2D eigenvalue weighted by atomic mass is 16.3. The Kier molecular flexibility index (Phi) is 4.28. The number of nitrogens with zero attached hydrogens (tertiary/aromatic N) is 3. The summed E-state index contributed by atoms with van der Waals surface area (Å²) < 4.78 is 1.94. The SMILES string of the molecule is O=c1c2cc(O)ccc2n2cnc3ccc(NCCCN4CCCCC4)c1c32. The van der Waals surface area contributed by atoms with Crippen LogP contribution in [0.4, 0.5) is 5.69 Å². The van der Waals surface area contributed by atoms with Gasteiger partial charge in [-0.1, -0.05) is 6.42 Å². The minimum atomic E-state index is -0.0666. The number of benzene rings is 2. The van der Waals surface area contributed by atoms with Crippen LogP contribution in [-0.4, -0.2) is 45.6 Å². The number of imidazole rings is 1. The van der Waals surface area contributed by atoms with Crippen LogP contribution in [0.25, 0.3) is 27.3 Å². The summed E-state index contributed by atoms with van der Waals surface area (Å²) in [5.74, 6) is 0.0962. The van der Waals surface area contributed by atoms with Gasteiger partial charge in [-0.15, -0.1) is 0 Å². The zero-order valence-corrected chi connectivity index (χ0v) is 15.8. The number of anilines is 1. The zero-order valence-electron chi connectivity index (χ0n) is 15.8. The molecular formula is C22H24N4O2. The monoisotopic (exact) mass is 376 g/mol. The molecule has 0 radical (unpaired) electrons. The van der Waals surface area contributed by atoms with Gasteiger partial charge in [0.25, 0.3) is 0 Å². The molecule has 1 aliphatic rings. The van der Waals surface area contributed by atoms with Gasteiger partial charge in [-0.2, -0.15) is 0 Å². The fourth-order valence-electron chi connectivity index (χ4n) is 4.43. The maximum Gasteiger partial charge on any atom is 0.199 e. The molecule has 0 unspecified atom stereocenters. The lowest BCUT2D eigenvalue weighted by Crippen LogP contribution is -2.31. The fraction of sp³-hybridized carbons (Fsp3) is 0.364. The number of hydrogen-bond donors (Lipinski definition) is 2. The molecule has 0 amide bonds. The molecule has 1 saturated heterocycles. The zero-order chi connectivity index (χ0) is 19.1. The van der Waals surface area contributed by atoms with Gasteiger partial charge in [0, 0.05) is 12.2 Å². The maximum atomic E-state index is 13.2. The van der Waals surface area contributed by atoms with Crippen molar-refractivity contribution in [2.45, 2.75) is 25.7 Å². The molecule has 0 saturated carbocycles. The quantitative estimate of drug-likeness (QED) is 0.412. The first-order chi connectivity index (χ1) is 13.7. The molecule has 1 aliphatic heterocycles. The van der Waals surface area contributed by atoms with Crippen LogP contribution in [0.15, 0.2) is 41.5 Å². The molecule has 0 aliphatic carbocycles. The van der Waals surface area contributed by atoms with Gasteiger partial charge in [-0.3, -0.25) is 9.20 Å². The van der Waals surface area contributed by atoms with Crippen LogP contribution in [0.3, 0.4) is 0 Å². The average Bonchev–Trinajstić information content (AvgIpc) is 3.15. The first-order valence-electron chi connectivity index (χ1n) is 10.1. The van der Waals surface area contributed by atoms with Gasteiger partial charge >= 0.3 is 0 Å². The van der Waals surface area contributed by atoms with Crippen LogP contribution in [0.2, 0.25) is 0 Å². The van der Waals surface area contributed by atoms with Gasteiger partial charge < -0.3 is 15.3 Å². The van der Waals surface area contributed by atoms with Crippen LogP contribution in [-0.2, 0) is 0 Å². The van der Waals surface area contributed by atoms with Crippen molar-refractivity contribution in [3.05, 3.63) is 46.9 Å². The van der Waals surface area contributed by atoms with E-state index < -0.39 is 0 Å². The van der Waals surface area contributed by atoms with Crippen molar-refractivity contribution in [2.24, 2.45) is 0 Å². The number of phenolic OH excluding ortho intramolecular Hbond substituents is 1. The van der Waals surface area contributed by atoms with Gasteiger partial charge in [0.05, 0.1) is 27.3 Å². The number of aromatic nitrogens is 2. The number of aromatic hydroxyl groups is 1. The highest BCUT2D eigenvalue weighted by molar-refractivity contribution is 6.07. The highest BCUT2D eigenvalue weighted by Crippen LogP contribution is 2.29. The second kappa shape index (κ2) is 6.95. The maximum absolute atomic E-state index is 13.2. The summed E-state index contributed by atoms with van der Waals surface area (Å²) in [5.41, 5.74) is 3.18. The minimum absolute atomic E-state index is 0.0666. The third-order valence-electron chi connectivity index (χ3n) is 5.84. The molecule has 3 heterocycles. The number of fused-ring (bicyclic) bond motifs is 2. The Morgan fingerprint density at radius 3 is 2.82 bits per heavy atom. The summed E-state index contributed by atoms with van der Waals surface area (Å²) in [6.07, 6.45) is 6.75. The Labute approximate surface area is 162 Å². The Morgan fingerprint density at radius 1 is 1.11 bits per heavy atom. The van der Waals surface area contributed by atoms with Crippen LogP contribution < -0.4 is 10.7 Å². The van der Waals surface area contributed by atoms with E-state index in [1.165, 1.54) is 32.4 Å². The first-order valence-corrected chi connectivity index (χ1v) is 10.1. The summed E-state index contributed by atoms with van der Waals surface area (Å²) in [7, 11) is 0. The Hall–Kier alpha value is -2.86. The lowest BCUT2D eigenvalue weighted by Gasteiger charge is -2.26. The summed E-state index contributed by atoms with van der Waals surface area (Å²) in [6, 6.07) is 8.82. The minimum Gasteiger partial charge on any atom is -0.508 e. The van der Waals surface area contributed by atoms with Crippen molar-refractivity contribution in [1.82, 2.24) is 14.3 Å². The number of rotatable bonds is 5. The van der Waals surface area contributed by atoms with E-state index in [2.05, 4.69) is 15.2 Å². The molecule has 0 spiro atoms. The molecule has 2 aromatic heterocycles. The summed E-state index contributed by atoms with van der Waals surface area (Å²) >= 11 is 0. The molecule has 5 rings (SSSR count). The summed E-state index contributed by atoms with van der Waals surface area (Å²) in [6.45, 7) is 4.32. The Balaban J connectivity index is 1.49. The van der Waals surface area contributed by atoms with E-state index in [1.807, 2.05) is 16.5 Å². The Bertz CT molecular complexity index is 1190. The molecule has 28 heavy (non-hydrogen) atoms. The Morgan fingerprint density at radius 2 is 1.96 bits per heavy atom. The fourth-order valence-corrected chi connectivity index (χ4v) is 4.43. The molecular weight excluding hydrogens is 352 g/mol. The van der Waals surface area contributed by atoms with E-state index in [0.717, 1.165) is 41.7 Å². The average molecular weight is 376 g/mol. The van der Waals surface area contributed by atoms with Crippen molar-refractivity contribution in [1.29, 1.82) is 0 Å². The second-order valence-corrected chi connectivity index (χ2v) is 7.68. The van der Waals surface area contributed by atoms with E-state index in [9.17, 15) is 9.90 Å². The number of likely N-dealkylation sites (tertiary alicyclic amines) is 1. The van der Waals surface area contributed by atoms with Crippen molar-refractivity contribution < 1.29 is 5.11 Å². The van der Waals surface area contributed by atoms with Crippen molar-refractivity contribution in [3.8, 4) is 5.75 Å². The molecule has 6 nitrogen and oxygen atoms in total. The standard InChI is InChI=1S/C22H24N4O2/c27-15-5-8-19-16(13-15)22(28)20-17(6-7-18-21(20)26(19)14-24-18)23-9-4-12-25-10-2-1-3-11-25/h5-8,13-14,23,27H,1-4,9-12H2. The van der Waals surface area contributed by atoms with Crippen LogP contribution in [0.1, 0.15) is 25.7 Å². The van der Waals surface area contributed by atoms with E-state index in [1.54, 1.807) is 24.5 Å². The van der Waals surface area contributed by atoms with E-state index in [-0.39, 0.29) is 11.2 Å². The van der Waals surface area contributed by atoms with Gasteiger partial charge in [-0.05, 0) is 69.2 Å². The predicted octanol–water partition coefficient (Wildman–Crippen LogP) is 3.43. The van der Waals surface area contributed by atoms with E-state index in [0.29, 0.717) is 10.8 Å². The van der Waals surface area contributed by atoms with Gasteiger partial charge in [-0.25, -0.2) is 4.98 Å². The van der Waals surface area contributed by atoms with Crippen LogP contribution in [0.5, 0.6) is 5.75 Å². The smallest absolute Gasteiger partial charge is 0.199 e. The van der Waals surface area contributed by atoms with Crippen molar-refractivity contribution in [3.63, 3.8) is 0 Å². The predicted molar refractivity (Wildman–Crippen MR) is 113 cm³/mol. The van der Waals surface area contributed by atoms with Crippen LogP contribution >= 0.6 is 0 Å². The van der Waals surface area contributed by atoms with Gasteiger partial charge in [0.15, 0.2) is 5.43 Å². The molecule has 2 N–H and O–H groups in total. The number of nitrogens with one attached hydrogen (secondary N) is 1. The van der Waals surface area contributed by atoms with Gasteiger partial charge in [0.2, 0.25) is 0 Å². The molecule has 1 fully saturated rings. The molecule has 6 heteroatoms. The van der Waals surface area contributed by atoms with Crippen LogP contribution in [0, 0.1) is 0 Å². The number of phenols is 1. The third-order valence-corrected chi connectivity index (χ3v) is 5.84. The largest absolute Gasteiger partial charge is 0.508 e. The van der Waals surface area contributed by atoms with Crippen molar-refractivity contribution >= 4 is 33.0 Å². The molecule has 2 aromatic carbocycles. The molecule has 4 aromatic rings. The summed E-state index contributed by atoms with van der Waals surface area (Å²) in [5, 5.41) is 14.5. The van der Waals surface area contributed by atoms with E-state index >= 15 is 0 Å².